The number of hydrogen-bond acceptors (Lipinski definition) is 2. The minimum Gasteiger partial charge on any atom is -0.494 e. The van der Waals surface area contributed by atoms with Crippen LogP contribution in [0, 0.1) is 13.8 Å². The van der Waals surface area contributed by atoms with Gasteiger partial charge in [-0.25, -0.2) is 0 Å². The lowest BCUT2D eigenvalue weighted by Gasteiger charge is -2.19. The quantitative estimate of drug-likeness (QED) is 0.669. The summed E-state index contributed by atoms with van der Waals surface area (Å²) in [6, 6.07) is 4.51. The van der Waals surface area contributed by atoms with Gasteiger partial charge < -0.3 is 9.47 Å². The van der Waals surface area contributed by atoms with E-state index in [9.17, 15) is 0 Å². The Labute approximate surface area is 123 Å². The SMILES string of the molecule is CCOc1cc(C)c(C(CC)CC2OC2CC)cc1C. The zero-order chi connectivity index (χ0) is 14.7. The Bertz CT molecular complexity index is 453. The Hall–Kier alpha value is -1.02. The highest BCUT2D eigenvalue weighted by Crippen LogP contribution is 2.38. The van der Waals surface area contributed by atoms with Crippen LogP contribution in [0.25, 0.3) is 0 Å². The number of benzene rings is 1. The average molecular weight is 276 g/mol. The maximum Gasteiger partial charge on any atom is 0.122 e. The number of rotatable bonds is 7. The van der Waals surface area contributed by atoms with Crippen molar-refractivity contribution in [2.24, 2.45) is 0 Å². The molecule has 20 heavy (non-hydrogen) atoms. The van der Waals surface area contributed by atoms with Crippen LogP contribution in [0.5, 0.6) is 5.75 Å². The molecular weight excluding hydrogens is 248 g/mol. The van der Waals surface area contributed by atoms with Gasteiger partial charge in [0, 0.05) is 0 Å². The fourth-order valence-electron chi connectivity index (χ4n) is 3.10. The van der Waals surface area contributed by atoms with Gasteiger partial charge in [0.2, 0.25) is 0 Å². The Morgan fingerprint density at radius 2 is 1.85 bits per heavy atom. The molecule has 0 radical (unpaired) electrons. The van der Waals surface area contributed by atoms with E-state index in [0.29, 0.717) is 18.1 Å². The molecule has 3 unspecified atom stereocenters. The van der Waals surface area contributed by atoms with Gasteiger partial charge in [0.15, 0.2) is 0 Å². The van der Waals surface area contributed by atoms with E-state index in [1.807, 2.05) is 6.92 Å². The zero-order valence-electron chi connectivity index (χ0n) is 13.5. The first-order valence-electron chi connectivity index (χ1n) is 8.00. The van der Waals surface area contributed by atoms with Gasteiger partial charge in [-0.05, 0) is 68.7 Å². The van der Waals surface area contributed by atoms with E-state index in [1.165, 1.54) is 23.1 Å². The summed E-state index contributed by atoms with van der Waals surface area (Å²) < 4.78 is 11.4. The highest BCUT2D eigenvalue weighted by molar-refractivity contribution is 5.43. The highest BCUT2D eigenvalue weighted by Gasteiger charge is 2.38. The molecule has 2 nitrogen and oxygen atoms in total. The summed E-state index contributed by atoms with van der Waals surface area (Å²) in [5.41, 5.74) is 4.06. The van der Waals surface area contributed by atoms with E-state index >= 15 is 0 Å². The Balaban J connectivity index is 2.15. The zero-order valence-corrected chi connectivity index (χ0v) is 13.5. The average Bonchev–Trinajstić information content (AvgIpc) is 3.19. The van der Waals surface area contributed by atoms with E-state index in [2.05, 4.69) is 39.8 Å². The van der Waals surface area contributed by atoms with Crippen molar-refractivity contribution in [1.82, 2.24) is 0 Å². The van der Waals surface area contributed by atoms with E-state index in [0.717, 1.165) is 25.2 Å². The number of aryl methyl sites for hydroxylation is 2. The molecule has 0 saturated carbocycles. The molecule has 112 valence electrons. The first-order chi connectivity index (χ1) is 9.60. The monoisotopic (exact) mass is 276 g/mol. The minimum atomic E-state index is 0.483. The largest absolute Gasteiger partial charge is 0.494 e. The molecule has 2 heteroatoms. The van der Waals surface area contributed by atoms with Gasteiger partial charge in [0.05, 0.1) is 18.8 Å². The van der Waals surface area contributed by atoms with Crippen molar-refractivity contribution < 1.29 is 9.47 Å². The van der Waals surface area contributed by atoms with Gasteiger partial charge in [-0.1, -0.05) is 19.9 Å². The summed E-state index contributed by atoms with van der Waals surface area (Å²) in [7, 11) is 0. The summed E-state index contributed by atoms with van der Waals surface area (Å²) in [5, 5.41) is 0. The van der Waals surface area contributed by atoms with Crippen LogP contribution >= 0.6 is 0 Å². The molecule has 1 aromatic carbocycles. The molecular formula is C18H28O2. The lowest BCUT2D eigenvalue weighted by atomic mass is 9.87. The van der Waals surface area contributed by atoms with Gasteiger partial charge in [-0.3, -0.25) is 0 Å². The molecule has 0 aromatic heterocycles. The van der Waals surface area contributed by atoms with Crippen molar-refractivity contribution in [1.29, 1.82) is 0 Å². The van der Waals surface area contributed by atoms with Crippen molar-refractivity contribution in [3.05, 3.63) is 28.8 Å². The van der Waals surface area contributed by atoms with Crippen molar-refractivity contribution in [2.45, 2.75) is 72.0 Å². The Morgan fingerprint density at radius 3 is 2.40 bits per heavy atom. The molecule has 1 aliphatic heterocycles. The third kappa shape index (κ3) is 3.35. The van der Waals surface area contributed by atoms with Gasteiger partial charge in [0.1, 0.15) is 5.75 Å². The Morgan fingerprint density at radius 1 is 1.10 bits per heavy atom. The maximum absolute atomic E-state index is 5.73. The predicted molar refractivity (Wildman–Crippen MR) is 83.7 cm³/mol. The third-order valence-electron chi connectivity index (χ3n) is 4.40. The van der Waals surface area contributed by atoms with Crippen LogP contribution in [-0.2, 0) is 4.74 Å². The summed E-state index contributed by atoms with van der Waals surface area (Å²) in [4.78, 5) is 0. The van der Waals surface area contributed by atoms with Gasteiger partial charge in [-0.2, -0.15) is 0 Å². The van der Waals surface area contributed by atoms with Crippen LogP contribution in [0.4, 0.5) is 0 Å². The van der Waals surface area contributed by atoms with Crippen LogP contribution in [0.15, 0.2) is 12.1 Å². The van der Waals surface area contributed by atoms with E-state index < -0.39 is 0 Å². The van der Waals surface area contributed by atoms with E-state index in [1.54, 1.807) is 0 Å². The fraction of sp³-hybridized carbons (Fsp3) is 0.667. The number of ether oxygens (including phenoxy) is 2. The summed E-state index contributed by atoms with van der Waals surface area (Å²) in [6.45, 7) is 11.6. The van der Waals surface area contributed by atoms with Crippen molar-refractivity contribution in [2.75, 3.05) is 6.61 Å². The molecule has 3 atom stereocenters. The van der Waals surface area contributed by atoms with Crippen molar-refractivity contribution in [3.63, 3.8) is 0 Å². The van der Waals surface area contributed by atoms with Gasteiger partial charge >= 0.3 is 0 Å². The van der Waals surface area contributed by atoms with E-state index in [-0.39, 0.29) is 0 Å². The molecule has 0 spiro atoms. The normalized spacial score (nSPS) is 22.6. The van der Waals surface area contributed by atoms with Gasteiger partial charge in [0.25, 0.3) is 0 Å². The minimum absolute atomic E-state index is 0.483. The molecule has 1 aromatic rings. The number of epoxide rings is 1. The van der Waals surface area contributed by atoms with Crippen molar-refractivity contribution >= 4 is 0 Å². The predicted octanol–water partition coefficient (Wildman–Crippen LogP) is 4.76. The molecule has 0 aliphatic carbocycles. The smallest absolute Gasteiger partial charge is 0.122 e. The lowest BCUT2D eigenvalue weighted by molar-refractivity contribution is 0.337. The second kappa shape index (κ2) is 6.62. The molecule has 1 aliphatic rings. The molecule has 0 bridgehead atoms. The lowest BCUT2D eigenvalue weighted by Crippen LogP contribution is -2.07. The first-order valence-corrected chi connectivity index (χ1v) is 8.00. The highest BCUT2D eigenvalue weighted by atomic mass is 16.6. The molecule has 1 heterocycles. The molecule has 1 fully saturated rings. The summed E-state index contributed by atoms with van der Waals surface area (Å²) >= 11 is 0. The number of hydrogen-bond donors (Lipinski definition) is 0. The molecule has 1 saturated heterocycles. The van der Waals surface area contributed by atoms with Crippen LogP contribution in [-0.4, -0.2) is 18.8 Å². The molecule has 0 amide bonds. The van der Waals surface area contributed by atoms with Crippen LogP contribution in [0.3, 0.4) is 0 Å². The molecule has 0 N–H and O–H groups in total. The summed E-state index contributed by atoms with van der Waals surface area (Å²) in [5.74, 6) is 1.63. The van der Waals surface area contributed by atoms with Crippen LogP contribution < -0.4 is 4.74 Å². The Kier molecular flexibility index (Phi) is 5.09. The van der Waals surface area contributed by atoms with Crippen LogP contribution in [0.1, 0.15) is 62.6 Å². The fourth-order valence-corrected chi connectivity index (χ4v) is 3.10. The second-order valence-electron chi connectivity index (χ2n) is 5.87. The first kappa shape index (κ1) is 15.4. The summed E-state index contributed by atoms with van der Waals surface area (Å²) in [6.07, 6.45) is 4.46. The van der Waals surface area contributed by atoms with Gasteiger partial charge in [-0.15, -0.1) is 0 Å². The van der Waals surface area contributed by atoms with E-state index in [4.69, 9.17) is 9.47 Å². The topological polar surface area (TPSA) is 21.8 Å². The molecule has 2 rings (SSSR count). The standard InChI is InChI=1S/C18H28O2/c1-6-14(11-18-16(7-2)20-18)15-9-13(5)17(19-8-3)10-12(15)4/h9-10,14,16,18H,6-8,11H2,1-5H3. The van der Waals surface area contributed by atoms with Crippen LogP contribution in [0.2, 0.25) is 0 Å². The second-order valence-corrected chi connectivity index (χ2v) is 5.87. The third-order valence-corrected chi connectivity index (χ3v) is 4.40. The van der Waals surface area contributed by atoms with Crippen molar-refractivity contribution in [3.8, 4) is 5.75 Å². The maximum atomic E-state index is 5.73.